The summed E-state index contributed by atoms with van der Waals surface area (Å²) in [6, 6.07) is 6.51. The zero-order valence-electron chi connectivity index (χ0n) is 24.4. The van der Waals surface area contributed by atoms with Crippen LogP contribution in [0.2, 0.25) is 0 Å². The van der Waals surface area contributed by atoms with Crippen molar-refractivity contribution in [1.82, 2.24) is 10.6 Å². The number of rotatable bonds is 21. The number of phenolic OH excluding ortho intramolecular Hbond substituents is 1. The van der Waals surface area contributed by atoms with Crippen LogP contribution in [0.5, 0.6) is 11.5 Å². The first-order chi connectivity index (χ1) is 21.6. The van der Waals surface area contributed by atoms with E-state index in [1.807, 2.05) is 0 Å². The van der Waals surface area contributed by atoms with Gasteiger partial charge in [0.2, 0.25) is 11.6 Å². The molecule has 0 unspecified atom stereocenters. The highest BCUT2D eigenvalue weighted by Crippen LogP contribution is 2.30. The van der Waals surface area contributed by atoms with E-state index in [-0.39, 0.29) is 45.1 Å². The molecule has 0 atom stereocenters. The predicted molar refractivity (Wildman–Crippen MR) is 158 cm³/mol. The molecule has 0 saturated carbocycles. The Bertz CT molecular complexity index is 1260. The van der Waals surface area contributed by atoms with Gasteiger partial charge in [0.1, 0.15) is 11.4 Å². The molecule has 0 saturated heterocycles. The summed E-state index contributed by atoms with van der Waals surface area (Å²) in [4.78, 5) is 11.8. The maximum Gasteiger partial charge on any atom is 0.313 e. The predicted octanol–water partition coefficient (Wildman–Crippen LogP) is 4.07. The molecule has 0 aromatic heterocycles. The Kier molecular flexibility index (Phi) is 17.4. The number of esters is 1. The Hall–Kier alpha value is -3.90. The Labute approximate surface area is 262 Å². The van der Waals surface area contributed by atoms with Crippen molar-refractivity contribution in [3.63, 3.8) is 0 Å². The van der Waals surface area contributed by atoms with Gasteiger partial charge in [-0.1, -0.05) is 0 Å². The van der Waals surface area contributed by atoms with Crippen molar-refractivity contribution in [2.75, 3.05) is 71.3 Å². The number of carbonyl (C=O) groups excluding carboxylic acids is 1. The summed E-state index contributed by atoms with van der Waals surface area (Å²) in [5.74, 6) is -9.36. The number of thiocarbonyl (C=S) groups is 1. The smallest absolute Gasteiger partial charge is 0.313 e. The number of hydrogen-bond donors (Lipinski definition) is 5. The van der Waals surface area contributed by atoms with Crippen LogP contribution in [0.3, 0.4) is 0 Å². The van der Waals surface area contributed by atoms with E-state index in [1.165, 1.54) is 6.20 Å². The van der Waals surface area contributed by atoms with Gasteiger partial charge in [-0.25, -0.2) is 18.7 Å². The van der Waals surface area contributed by atoms with Crippen LogP contribution < -0.4 is 20.7 Å². The van der Waals surface area contributed by atoms with Gasteiger partial charge in [-0.2, -0.15) is 9.50 Å². The lowest BCUT2D eigenvalue weighted by atomic mass is 10.2. The SMILES string of the molecule is Cc1c(F)c(F)c(F)c(F)c1OC(=O)CCOCCN/C=C(/COCCOCCOCCNC(=S)Nc1ccc(O)cc1)N=N. The highest BCUT2D eigenvalue weighted by Gasteiger charge is 2.25. The maximum atomic E-state index is 13.8. The number of nitrogens with zero attached hydrogens (tertiary/aromatic N) is 1. The summed E-state index contributed by atoms with van der Waals surface area (Å²) in [5, 5.41) is 21.9. The lowest BCUT2D eigenvalue weighted by Gasteiger charge is -2.11. The second-order valence-corrected chi connectivity index (χ2v) is 9.36. The first kappa shape index (κ1) is 37.3. The maximum absolute atomic E-state index is 13.8. The molecule has 2 rings (SSSR count). The molecule has 0 fully saturated rings. The van der Waals surface area contributed by atoms with E-state index < -0.39 is 40.6 Å². The molecular weight excluding hydrogens is 626 g/mol. The van der Waals surface area contributed by atoms with E-state index in [4.69, 9.17) is 36.7 Å². The molecule has 0 radical (unpaired) electrons. The molecule has 0 spiro atoms. The van der Waals surface area contributed by atoms with Gasteiger partial charge in [-0.3, -0.25) is 4.79 Å². The van der Waals surface area contributed by atoms with E-state index in [1.54, 1.807) is 24.3 Å². The van der Waals surface area contributed by atoms with Gasteiger partial charge in [0.25, 0.3) is 0 Å². The van der Waals surface area contributed by atoms with Crippen LogP contribution in [0.25, 0.3) is 0 Å². The zero-order valence-corrected chi connectivity index (χ0v) is 25.2. The van der Waals surface area contributed by atoms with Crippen molar-refractivity contribution < 1.29 is 51.1 Å². The van der Waals surface area contributed by atoms with Gasteiger partial charge >= 0.3 is 5.97 Å². The molecule has 0 amide bonds. The van der Waals surface area contributed by atoms with Gasteiger partial charge in [0, 0.05) is 30.5 Å². The minimum Gasteiger partial charge on any atom is -0.508 e. The molecule has 248 valence electrons. The summed E-state index contributed by atoms with van der Waals surface area (Å²) >= 11 is 5.18. The van der Waals surface area contributed by atoms with E-state index in [9.17, 15) is 27.5 Å². The van der Waals surface area contributed by atoms with Gasteiger partial charge in [-0.05, 0) is 43.4 Å². The highest BCUT2D eigenvalue weighted by molar-refractivity contribution is 7.80. The summed E-state index contributed by atoms with van der Waals surface area (Å²) < 4.78 is 80.1. The van der Waals surface area contributed by atoms with Crippen LogP contribution in [0.1, 0.15) is 12.0 Å². The fraction of sp³-hybridized carbons (Fsp3) is 0.429. The van der Waals surface area contributed by atoms with Crippen molar-refractivity contribution >= 4 is 29.0 Å². The molecular formula is C28H35F4N5O7S. The van der Waals surface area contributed by atoms with Gasteiger partial charge in [-0.15, -0.1) is 0 Å². The molecule has 0 bridgehead atoms. The van der Waals surface area contributed by atoms with Gasteiger partial charge < -0.3 is 44.7 Å². The molecule has 0 aliphatic carbocycles. The van der Waals surface area contributed by atoms with E-state index in [0.29, 0.717) is 43.8 Å². The standard InChI is InChI=1S/C28H35F4N5O7S/c1-18-23(29)24(30)25(31)26(32)27(18)44-22(39)6-9-40-10-7-34-16-20(37-33)17-43-15-14-42-13-12-41-11-8-35-28(45)36-19-2-4-21(38)5-3-19/h2-5,16,33-34,38H,6-15,17H2,1H3,(H2,35,36,45)/b20-16-,37-33?. The van der Waals surface area contributed by atoms with Crippen LogP contribution in [0, 0.1) is 35.7 Å². The number of aromatic hydroxyl groups is 1. The third-order valence-corrected chi connectivity index (χ3v) is 5.81. The molecule has 0 heterocycles. The van der Waals surface area contributed by atoms with E-state index >= 15 is 0 Å². The lowest BCUT2D eigenvalue weighted by molar-refractivity contribution is -0.135. The second kappa shape index (κ2) is 20.9. The number of carbonyl (C=O) groups is 1. The molecule has 0 aliphatic rings. The Morgan fingerprint density at radius 3 is 2.18 bits per heavy atom. The molecule has 45 heavy (non-hydrogen) atoms. The van der Waals surface area contributed by atoms with Crippen molar-refractivity contribution in [3.05, 3.63) is 65.0 Å². The number of hydrogen-bond acceptors (Lipinski definition) is 11. The molecule has 2 aromatic rings. The van der Waals surface area contributed by atoms with Crippen LogP contribution >= 0.6 is 12.2 Å². The normalized spacial score (nSPS) is 11.3. The number of ether oxygens (including phenoxy) is 5. The second-order valence-electron chi connectivity index (χ2n) is 8.95. The Balaban J connectivity index is 1.44. The number of anilines is 1. The quantitative estimate of drug-likeness (QED) is 0.0151. The average Bonchev–Trinajstić information content (AvgIpc) is 3.03. The number of phenols is 1. The Morgan fingerprint density at radius 1 is 0.889 bits per heavy atom. The monoisotopic (exact) mass is 661 g/mol. The summed E-state index contributed by atoms with van der Waals surface area (Å²) in [7, 11) is 0. The first-order valence-corrected chi connectivity index (χ1v) is 14.0. The van der Waals surface area contributed by atoms with Crippen molar-refractivity contribution in [3.8, 4) is 11.5 Å². The lowest BCUT2D eigenvalue weighted by Crippen LogP contribution is -2.31. The van der Waals surface area contributed by atoms with Gasteiger partial charge in [0.15, 0.2) is 22.5 Å². The van der Waals surface area contributed by atoms with Crippen LogP contribution in [0.4, 0.5) is 23.2 Å². The van der Waals surface area contributed by atoms with E-state index in [0.717, 1.165) is 12.6 Å². The number of benzene rings is 2. The number of halogens is 4. The van der Waals surface area contributed by atoms with Crippen LogP contribution in [0.15, 0.2) is 41.3 Å². The third-order valence-electron chi connectivity index (χ3n) is 5.57. The first-order valence-electron chi connectivity index (χ1n) is 13.6. The highest BCUT2D eigenvalue weighted by atomic mass is 32.1. The van der Waals surface area contributed by atoms with Crippen LogP contribution in [-0.4, -0.2) is 82.1 Å². The average molecular weight is 662 g/mol. The van der Waals surface area contributed by atoms with Gasteiger partial charge in [0.05, 0.1) is 59.3 Å². The van der Waals surface area contributed by atoms with Crippen molar-refractivity contribution in [2.24, 2.45) is 5.11 Å². The van der Waals surface area contributed by atoms with Crippen LogP contribution in [-0.2, 0) is 23.7 Å². The summed E-state index contributed by atoms with van der Waals surface area (Å²) in [5.41, 5.74) is 7.61. The Morgan fingerprint density at radius 2 is 1.49 bits per heavy atom. The molecule has 0 aliphatic heterocycles. The molecule has 2 aromatic carbocycles. The minimum atomic E-state index is -2.07. The minimum absolute atomic E-state index is 0.0629. The third kappa shape index (κ3) is 14.2. The zero-order chi connectivity index (χ0) is 33.0. The topological polar surface area (TPSA) is 156 Å². The summed E-state index contributed by atoms with van der Waals surface area (Å²) in [6.07, 6.45) is 1.11. The summed E-state index contributed by atoms with van der Waals surface area (Å²) in [6.45, 7) is 3.56. The number of nitrogens with one attached hydrogen (secondary N) is 4. The molecule has 17 heteroatoms. The fourth-order valence-corrected chi connectivity index (χ4v) is 3.49. The van der Waals surface area contributed by atoms with Crippen molar-refractivity contribution in [1.29, 1.82) is 5.53 Å². The van der Waals surface area contributed by atoms with E-state index in [2.05, 4.69) is 25.8 Å². The fourth-order valence-electron chi connectivity index (χ4n) is 3.27. The molecule has 12 nitrogen and oxygen atoms in total. The largest absolute Gasteiger partial charge is 0.508 e. The molecule has 5 N–H and O–H groups in total. The van der Waals surface area contributed by atoms with Crippen molar-refractivity contribution in [2.45, 2.75) is 13.3 Å².